The third kappa shape index (κ3) is 3.50. The van der Waals surface area contributed by atoms with Gasteiger partial charge in [-0.05, 0) is 30.5 Å². The molecule has 0 aliphatic heterocycles. The van der Waals surface area contributed by atoms with Crippen LogP contribution < -0.4 is 14.8 Å². The van der Waals surface area contributed by atoms with E-state index in [-0.39, 0.29) is 11.8 Å². The number of rotatable bonds is 7. The smallest absolute Gasteiger partial charge is 0.221 e. The minimum absolute atomic E-state index is 0.0673. The van der Waals surface area contributed by atoms with Crippen LogP contribution in [0.2, 0.25) is 0 Å². The average Bonchev–Trinajstić information content (AvgIpc) is 3.41. The first-order valence-electron chi connectivity index (χ1n) is 9.27. The van der Waals surface area contributed by atoms with E-state index in [4.69, 9.17) is 9.47 Å². The molecule has 5 heteroatoms. The second kappa shape index (κ2) is 7.35. The van der Waals surface area contributed by atoms with Gasteiger partial charge in [-0.2, -0.15) is 0 Å². The lowest BCUT2D eigenvalue weighted by atomic mass is 9.87. The Morgan fingerprint density at radius 3 is 2.67 bits per heavy atom. The topological polar surface area (TPSA) is 63.3 Å². The van der Waals surface area contributed by atoms with Gasteiger partial charge in [-0.3, -0.25) is 4.79 Å². The van der Waals surface area contributed by atoms with E-state index in [0.717, 1.165) is 34.9 Å². The highest BCUT2D eigenvalue weighted by Gasteiger charge is 2.29. The maximum atomic E-state index is 12.7. The van der Waals surface area contributed by atoms with Crippen molar-refractivity contribution in [1.82, 2.24) is 10.3 Å². The molecule has 0 spiro atoms. The number of benzene rings is 2. The number of amides is 1. The summed E-state index contributed by atoms with van der Waals surface area (Å²) in [7, 11) is 3.26. The Bertz CT molecular complexity index is 959. The van der Waals surface area contributed by atoms with Crippen molar-refractivity contribution in [3.63, 3.8) is 0 Å². The van der Waals surface area contributed by atoms with Crippen LogP contribution in [0.5, 0.6) is 11.5 Å². The Labute approximate surface area is 158 Å². The van der Waals surface area contributed by atoms with Gasteiger partial charge in [-0.15, -0.1) is 0 Å². The molecule has 27 heavy (non-hydrogen) atoms. The van der Waals surface area contributed by atoms with E-state index in [1.54, 1.807) is 14.2 Å². The molecule has 4 rings (SSSR count). The van der Waals surface area contributed by atoms with Gasteiger partial charge in [-0.1, -0.05) is 30.3 Å². The molecule has 0 unspecified atom stereocenters. The summed E-state index contributed by atoms with van der Waals surface area (Å²) in [5, 5.41) is 4.23. The highest BCUT2D eigenvalue weighted by atomic mass is 16.5. The van der Waals surface area contributed by atoms with Crippen molar-refractivity contribution >= 4 is 16.8 Å². The van der Waals surface area contributed by atoms with Crippen LogP contribution in [0.3, 0.4) is 0 Å². The molecule has 1 fully saturated rings. The standard InChI is InChI=1S/C22H24N2O3/c1-26-20-9-5-7-16(22(20)27-2)17(12-21(25)24-14-10-11-14)18-13-23-19-8-4-3-6-15(18)19/h3-9,13-14,17,23H,10-12H2,1-2H3,(H,24,25)/t17-/m1/s1. The van der Waals surface area contributed by atoms with E-state index >= 15 is 0 Å². The van der Waals surface area contributed by atoms with Crippen LogP contribution in [-0.4, -0.2) is 31.2 Å². The van der Waals surface area contributed by atoms with Gasteiger partial charge in [0.05, 0.1) is 14.2 Å². The summed E-state index contributed by atoms with van der Waals surface area (Å²) < 4.78 is 11.1. The minimum atomic E-state index is -0.134. The van der Waals surface area contributed by atoms with Crippen molar-refractivity contribution in [2.24, 2.45) is 0 Å². The van der Waals surface area contributed by atoms with Crippen LogP contribution in [0.25, 0.3) is 10.9 Å². The molecule has 1 aromatic heterocycles. The molecule has 1 atom stereocenters. The summed E-state index contributed by atoms with van der Waals surface area (Å²) in [5.41, 5.74) is 3.10. The number of carbonyl (C=O) groups is 1. The van der Waals surface area contributed by atoms with Crippen LogP contribution in [0.1, 0.15) is 36.3 Å². The van der Waals surface area contributed by atoms with Gasteiger partial charge >= 0.3 is 0 Å². The SMILES string of the molecule is COc1cccc([C@@H](CC(=O)NC2CC2)c2c[nH]c3ccccc23)c1OC. The predicted octanol–water partition coefficient (Wildman–Crippen LogP) is 3.99. The Balaban J connectivity index is 1.79. The zero-order valence-electron chi connectivity index (χ0n) is 15.6. The fourth-order valence-electron chi connectivity index (χ4n) is 3.66. The summed E-state index contributed by atoms with van der Waals surface area (Å²) >= 11 is 0. The van der Waals surface area contributed by atoms with E-state index in [1.165, 1.54) is 0 Å². The van der Waals surface area contributed by atoms with Gasteiger partial charge in [-0.25, -0.2) is 0 Å². The largest absolute Gasteiger partial charge is 0.493 e. The summed E-state index contributed by atoms with van der Waals surface area (Å²) in [6.07, 6.45) is 4.51. The molecule has 5 nitrogen and oxygen atoms in total. The highest BCUT2D eigenvalue weighted by Crippen LogP contribution is 2.42. The molecule has 1 aliphatic carbocycles. The average molecular weight is 364 g/mol. The summed E-state index contributed by atoms with van der Waals surface area (Å²) in [5.74, 6) is 1.28. The van der Waals surface area contributed by atoms with Crippen molar-refractivity contribution < 1.29 is 14.3 Å². The van der Waals surface area contributed by atoms with Crippen molar-refractivity contribution in [1.29, 1.82) is 0 Å². The lowest BCUT2D eigenvalue weighted by Crippen LogP contribution is -2.27. The van der Waals surface area contributed by atoms with Gasteiger partial charge in [0, 0.05) is 41.0 Å². The number of fused-ring (bicyclic) bond motifs is 1. The number of aromatic nitrogens is 1. The van der Waals surface area contributed by atoms with Gasteiger partial charge in [0.25, 0.3) is 0 Å². The molecule has 3 aromatic rings. The van der Waals surface area contributed by atoms with E-state index < -0.39 is 0 Å². The third-order valence-electron chi connectivity index (χ3n) is 5.14. The Morgan fingerprint density at radius 1 is 1.11 bits per heavy atom. The summed E-state index contributed by atoms with van der Waals surface area (Å²) in [6, 6.07) is 14.3. The zero-order chi connectivity index (χ0) is 18.8. The van der Waals surface area contributed by atoms with E-state index in [9.17, 15) is 4.79 Å². The van der Waals surface area contributed by atoms with Crippen LogP contribution >= 0.6 is 0 Å². The van der Waals surface area contributed by atoms with Crippen LogP contribution in [0.4, 0.5) is 0 Å². The molecular formula is C22H24N2O3. The number of nitrogens with one attached hydrogen (secondary N) is 2. The Kier molecular flexibility index (Phi) is 4.75. The number of H-pyrrole nitrogens is 1. The van der Waals surface area contributed by atoms with E-state index in [2.05, 4.69) is 16.4 Å². The molecule has 0 radical (unpaired) electrons. The molecule has 1 aliphatic rings. The molecule has 2 aromatic carbocycles. The summed E-state index contributed by atoms with van der Waals surface area (Å²) in [4.78, 5) is 16.0. The van der Waals surface area contributed by atoms with Crippen LogP contribution in [0.15, 0.2) is 48.7 Å². The quantitative estimate of drug-likeness (QED) is 0.666. The fourth-order valence-corrected chi connectivity index (χ4v) is 3.66. The van der Waals surface area contributed by atoms with Crippen LogP contribution in [0, 0.1) is 0 Å². The lowest BCUT2D eigenvalue weighted by molar-refractivity contribution is -0.121. The number of hydrogen-bond acceptors (Lipinski definition) is 3. The van der Waals surface area contributed by atoms with Crippen molar-refractivity contribution in [3.8, 4) is 11.5 Å². The van der Waals surface area contributed by atoms with Gasteiger partial charge in [0.2, 0.25) is 5.91 Å². The molecule has 1 amide bonds. The van der Waals surface area contributed by atoms with Crippen molar-refractivity contribution in [2.45, 2.75) is 31.2 Å². The number of ether oxygens (including phenoxy) is 2. The molecule has 1 heterocycles. The molecule has 0 saturated heterocycles. The van der Waals surface area contributed by atoms with E-state index in [0.29, 0.717) is 24.0 Å². The van der Waals surface area contributed by atoms with Crippen molar-refractivity contribution in [3.05, 3.63) is 59.8 Å². The monoisotopic (exact) mass is 364 g/mol. The van der Waals surface area contributed by atoms with E-state index in [1.807, 2.05) is 42.6 Å². The third-order valence-corrected chi connectivity index (χ3v) is 5.14. The van der Waals surface area contributed by atoms with Gasteiger partial charge < -0.3 is 19.8 Å². The van der Waals surface area contributed by atoms with Crippen LogP contribution in [-0.2, 0) is 4.79 Å². The van der Waals surface area contributed by atoms with Crippen molar-refractivity contribution in [2.75, 3.05) is 14.2 Å². The number of hydrogen-bond donors (Lipinski definition) is 2. The first kappa shape index (κ1) is 17.5. The maximum Gasteiger partial charge on any atom is 0.221 e. The molecule has 1 saturated carbocycles. The fraction of sp³-hybridized carbons (Fsp3) is 0.318. The first-order chi connectivity index (χ1) is 13.2. The lowest BCUT2D eigenvalue weighted by Gasteiger charge is -2.21. The number of para-hydroxylation sites is 2. The van der Waals surface area contributed by atoms with Gasteiger partial charge in [0.15, 0.2) is 11.5 Å². The second-order valence-corrected chi connectivity index (χ2v) is 6.97. The molecule has 2 N–H and O–H groups in total. The zero-order valence-corrected chi connectivity index (χ0v) is 15.6. The second-order valence-electron chi connectivity index (χ2n) is 6.97. The van der Waals surface area contributed by atoms with Gasteiger partial charge in [0.1, 0.15) is 0 Å². The molecule has 0 bridgehead atoms. The first-order valence-corrected chi connectivity index (χ1v) is 9.27. The highest BCUT2D eigenvalue weighted by molar-refractivity contribution is 5.86. The summed E-state index contributed by atoms with van der Waals surface area (Å²) in [6.45, 7) is 0. The minimum Gasteiger partial charge on any atom is -0.493 e. The predicted molar refractivity (Wildman–Crippen MR) is 105 cm³/mol. The number of aromatic amines is 1. The molecule has 140 valence electrons. The number of carbonyl (C=O) groups excluding carboxylic acids is 1. The Morgan fingerprint density at radius 2 is 1.93 bits per heavy atom. The Hall–Kier alpha value is -2.95. The molecular weight excluding hydrogens is 340 g/mol. The normalized spacial score (nSPS) is 14.7. The maximum absolute atomic E-state index is 12.7. The number of methoxy groups -OCH3 is 2.